The third-order valence-electron chi connectivity index (χ3n) is 6.11. The fraction of sp³-hybridized carbons (Fsp3) is 0.259. The van der Waals surface area contributed by atoms with Gasteiger partial charge in [0.15, 0.2) is 58.9 Å². The van der Waals surface area contributed by atoms with Crippen molar-refractivity contribution in [2.75, 3.05) is 19.8 Å². The van der Waals surface area contributed by atoms with Crippen molar-refractivity contribution in [1.29, 1.82) is 0 Å². The van der Waals surface area contributed by atoms with Crippen molar-refractivity contribution >= 4 is 6.08 Å². The molecule has 3 aromatic rings. The molecule has 0 aromatic heterocycles. The van der Waals surface area contributed by atoms with Gasteiger partial charge in [-0.1, -0.05) is 30.4 Å². The zero-order valence-corrected chi connectivity index (χ0v) is 19.2. The molecule has 0 saturated carbocycles. The molecule has 0 spiro atoms. The van der Waals surface area contributed by atoms with Crippen LogP contribution in [0, 0.1) is 0 Å². The normalized spacial score (nSPS) is 22.5. The third-order valence-corrected chi connectivity index (χ3v) is 6.11. The highest BCUT2D eigenvalue weighted by Gasteiger charge is 2.36. The number of hydrogen-bond acceptors (Lipinski definition) is 9. The Balaban J connectivity index is 1.43. The molecule has 0 fully saturated rings. The third kappa shape index (κ3) is 4.51. The monoisotopic (exact) mass is 494 g/mol. The van der Waals surface area contributed by atoms with Crippen LogP contribution >= 0.6 is 0 Å². The number of aromatic hydroxyl groups is 2. The maximum absolute atomic E-state index is 9.97. The molecule has 5 N–H and O–H groups in total. The average molecular weight is 494 g/mol. The maximum atomic E-state index is 9.97. The molecule has 3 aromatic carbocycles. The van der Waals surface area contributed by atoms with E-state index in [1.807, 2.05) is 6.07 Å². The highest BCUT2D eigenvalue weighted by molar-refractivity contribution is 5.57. The van der Waals surface area contributed by atoms with E-state index in [0.29, 0.717) is 34.1 Å². The van der Waals surface area contributed by atoms with Crippen molar-refractivity contribution in [3.05, 3.63) is 77.4 Å². The van der Waals surface area contributed by atoms with Crippen LogP contribution in [0.4, 0.5) is 0 Å². The number of aliphatic hydroxyl groups excluding tert-OH is 3. The Hall–Kier alpha value is -3.92. The molecule has 0 radical (unpaired) electrons. The number of hydrogen-bond donors (Lipinski definition) is 5. The number of benzene rings is 3. The van der Waals surface area contributed by atoms with Gasteiger partial charge in [0.05, 0.1) is 19.8 Å². The summed E-state index contributed by atoms with van der Waals surface area (Å²) < 4.78 is 24.3. The summed E-state index contributed by atoms with van der Waals surface area (Å²) in [4.78, 5) is 0. The van der Waals surface area contributed by atoms with Crippen molar-refractivity contribution in [3.8, 4) is 34.5 Å². The van der Waals surface area contributed by atoms with Crippen molar-refractivity contribution in [2.24, 2.45) is 0 Å². The molecule has 0 saturated heterocycles. The first-order chi connectivity index (χ1) is 17.5. The van der Waals surface area contributed by atoms with Crippen LogP contribution in [-0.2, 0) is 0 Å². The van der Waals surface area contributed by atoms with Gasteiger partial charge in [-0.15, -0.1) is 0 Å². The molecule has 0 unspecified atom stereocenters. The molecule has 188 valence electrons. The van der Waals surface area contributed by atoms with E-state index >= 15 is 0 Å². The lowest BCUT2D eigenvalue weighted by atomic mass is 10.00. The Labute approximate surface area is 207 Å². The topological polar surface area (TPSA) is 138 Å². The molecule has 0 aliphatic carbocycles. The second-order valence-electron chi connectivity index (χ2n) is 8.50. The summed E-state index contributed by atoms with van der Waals surface area (Å²) in [6.45, 7) is -0.712. The minimum atomic E-state index is -0.768. The summed E-state index contributed by atoms with van der Waals surface area (Å²) in [5.41, 5.74) is 2.04. The Morgan fingerprint density at radius 1 is 0.611 bits per heavy atom. The van der Waals surface area contributed by atoms with E-state index in [-0.39, 0.29) is 31.3 Å². The smallest absolute Gasteiger partial charge is 0.163 e. The van der Waals surface area contributed by atoms with Crippen LogP contribution < -0.4 is 18.9 Å². The molecular weight excluding hydrogens is 468 g/mol. The van der Waals surface area contributed by atoms with Crippen LogP contribution in [0.15, 0.2) is 60.7 Å². The lowest BCUT2D eigenvalue weighted by molar-refractivity contribution is -0.0174. The number of ether oxygens (including phenoxy) is 4. The van der Waals surface area contributed by atoms with E-state index in [0.717, 1.165) is 5.56 Å². The van der Waals surface area contributed by atoms with E-state index in [9.17, 15) is 20.4 Å². The molecule has 0 bridgehead atoms. The fourth-order valence-corrected chi connectivity index (χ4v) is 4.32. The van der Waals surface area contributed by atoms with E-state index in [1.165, 1.54) is 12.1 Å². The van der Waals surface area contributed by atoms with Gasteiger partial charge in [-0.25, -0.2) is 0 Å². The van der Waals surface area contributed by atoms with Crippen molar-refractivity contribution in [1.82, 2.24) is 0 Å². The van der Waals surface area contributed by atoms with Crippen LogP contribution in [0.25, 0.3) is 6.08 Å². The number of phenols is 2. The summed E-state index contributed by atoms with van der Waals surface area (Å²) in [6.07, 6.45) is 0.588. The van der Waals surface area contributed by atoms with Gasteiger partial charge in [-0.05, 0) is 42.0 Å². The quantitative estimate of drug-likeness (QED) is 0.328. The van der Waals surface area contributed by atoms with Crippen LogP contribution in [0.2, 0.25) is 0 Å². The van der Waals surface area contributed by atoms with Crippen molar-refractivity contribution < 1.29 is 44.5 Å². The number of rotatable bonds is 6. The Morgan fingerprint density at radius 2 is 1.19 bits per heavy atom. The fourth-order valence-electron chi connectivity index (χ4n) is 4.32. The molecule has 5 rings (SSSR count). The molecule has 9 heteroatoms. The van der Waals surface area contributed by atoms with Gasteiger partial charge < -0.3 is 44.5 Å². The van der Waals surface area contributed by atoms with Crippen LogP contribution in [0.3, 0.4) is 0 Å². The predicted molar refractivity (Wildman–Crippen MR) is 129 cm³/mol. The highest BCUT2D eigenvalue weighted by atomic mass is 16.6. The lowest BCUT2D eigenvalue weighted by Gasteiger charge is -2.36. The second-order valence-corrected chi connectivity index (χ2v) is 8.50. The van der Waals surface area contributed by atoms with Gasteiger partial charge >= 0.3 is 0 Å². The van der Waals surface area contributed by atoms with Gasteiger partial charge in [0, 0.05) is 11.1 Å². The van der Waals surface area contributed by atoms with Gasteiger partial charge in [-0.3, -0.25) is 0 Å². The first kappa shape index (κ1) is 23.8. The van der Waals surface area contributed by atoms with Crippen molar-refractivity contribution in [2.45, 2.75) is 24.4 Å². The second kappa shape index (κ2) is 9.98. The highest BCUT2D eigenvalue weighted by Crippen LogP contribution is 2.45. The summed E-state index contributed by atoms with van der Waals surface area (Å²) in [6, 6.07) is 14.9. The van der Waals surface area contributed by atoms with E-state index in [4.69, 9.17) is 24.1 Å². The number of aliphatic hydroxyl groups is 3. The largest absolute Gasteiger partial charge is 0.504 e. The maximum Gasteiger partial charge on any atom is 0.163 e. The molecule has 2 aliphatic heterocycles. The Bertz CT molecular complexity index is 1270. The molecule has 2 heterocycles. The van der Waals surface area contributed by atoms with Gasteiger partial charge in [0.2, 0.25) is 0 Å². The minimum Gasteiger partial charge on any atom is -0.504 e. The van der Waals surface area contributed by atoms with Gasteiger partial charge in [0.25, 0.3) is 0 Å². The van der Waals surface area contributed by atoms with E-state index < -0.39 is 24.4 Å². The SMILES string of the molecule is OC/C=C/c1ccc2c(c1)O[C@@H](c1ccc3c(c1)O[C@H](CO)[C@H](c1ccc(O)c(O)c1)O3)[C@H](CO)O2. The molecule has 0 amide bonds. The first-order valence-electron chi connectivity index (χ1n) is 11.5. The zero-order chi connectivity index (χ0) is 25.2. The van der Waals surface area contributed by atoms with Crippen molar-refractivity contribution in [3.63, 3.8) is 0 Å². The minimum absolute atomic E-state index is 0.0789. The van der Waals surface area contributed by atoms with Crippen LogP contribution in [0.5, 0.6) is 34.5 Å². The predicted octanol–water partition coefficient (Wildman–Crippen LogP) is 2.85. The Morgan fingerprint density at radius 3 is 1.89 bits per heavy atom. The first-order valence-corrected chi connectivity index (χ1v) is 11.5. The number of phenolic OH excluding ortho intramolecular Hbond substituents is 2. The molecular formula is C27H26O9. The molecule has 4 atom stereocenters. The average Bonchev–Trinajstić information content (AvgIpc) is 2.91. The zero-order valence-electron chi connectivity index (χ0n) is 19.2. The number of fused-ring (bicyclic) bond motifs is 2. The summed E-state index contributed by atoms with van der Waals surface area (Å²) in [5.74, 6) is 1.26. The summed E-state index contributed by atoms with van der Waals surface area (Å²) in [7, 11) is 0. The summed E-state index contributed by atoms with van der Waals surface area (Å²) in [5, 5.41) is 48.4. The molecule has 9 nitrogen and oxygen atoms in total. The Kier molecular flexibility index (Phi) is 6.60. The molecule has 36 heavy (non-hydrogen) atoms. The molecule has 2 aliphatic rings. The van der Waals surface area contributed by atoms with Gasteiger partial charge in [-0.2, -0.15) is 0 Å². The van der Waals surface area contributed by atoms with Crippen LogP contribution in [0.1, 0.15) is 28.9 Å². The lowest BCUT2D eigenvalue weighted by Crippen LogP contribution is -2.37. The van der Waals surface area contributed by atoms with Crippen LogP contribution in [-0.4, -0.2) is 57.6 Å². The summed E-state index contributed by atoms with van der Waals surface area (Å²) >= 11 is 0. The standard InChI is InChI=1S/C27H26O9/c28-9-1-2-15-3-7-20-22(10-15)36-27(24(13-29)33-20)17-5-8-21-23(12-17)34-25(14-30)26(35-21)16-4-6-18(31)19(32)11-16/h1-8,10-12,24-32H,9,13-14H2/b2-1+/t24-,25+,26-,27-/m0/s1. The van der Waals surface area contributed by atoms with Gasteiger partial charge in [0.1, 0.15) is 0 Å². The van der Waals surface area contributed by atoms with E-state index in [2.05, 4.69) is 0 Å². The van der Waals surface area contributed by atoms with E-state index in [1.54, 1.807) is 48.6 Å².